The standard InChI is InChI=1S/C22H33NO4S/c1-17(2)22(23-14-7-8-15-23,20(24)27-21(4,5)6)13-16-28(25,26)19-11-9-18(3)10-12-19/h9-13,16-17H,7-8,14-15H2,1-6H3/b16-13+/t22-/m1/s1. The van der Waals surface area contributed by atoms with E-state index in [1.807, 2.05) is 41.5 Å². The lowest BCUT2D eigenvalue weighted by Gasteiger charge is -2.42. The molecule has 1 heterocycles. The number of aryl methyl sites for hydroxylation is 1. The second-order valence-corrected chi connectivity index (χ2v) is 10.7. The predicted molar refractivity (Wildman–Crippen MR) is 112 cm³/mol. The Hall–Kier alpha value is -1.66. The van der Waals surface area contributed by atoms with Crippen molar-refractivity contribution < 1.29 is 17.9 Å². The van der Waals surface area contributed by atoms with Gasteiger partial charge in [0.1, 0.15) is 11.1 Å². The number of likely N-dealkylation sites (tertiary alicyclic amines) is 1. The molecular formula is C22H33NO4S. The Bertz CT molecular complexity index is 813. The van der Waals surface area contributed by atoms with Crippen LogP contribution in [0.4, 0.5) is 0 Å². The first-order valence-electron chi connectivity index (χ1n) is 9.88. The SMILES string of the molecule is Cc1ccc(S(=O)(=O)/C=C/[C@](C(=O)OC(C)(C)C)(C(C)C)N2CCCC2)cc1. The van der Waals surface area contributed by atoms with Crippen LogP contribution in [0.15, 0.2) is 40.6 Å². The third-order valence-corrected chi connectivity index (χ3v) is 6.51. The fraction of sp³-hybridized carbons (Fsp3) is 0.591. The van der Waals surface area contributed by atoms with E-state index in [1.165, 1.54) is 5.41 Å². The lowest BCUT2D eigenvalue weighted by atomic mass is 9.84. The normalized spacial score (nSPS) is 18.5. The van der Waals surface area contributed by atoms with Gasteiger partial charge in [-0.15, -0.1) is 0 Å². The number of benzene rings is 1. The van der Waals surface area contributed by atoms with Crippen LogP contribution in [0, 0.1) is 12.8 Å². The summed E-state index contributed by atoms with van der Waals surface area (Å²) in [6.45, 7) is 12.7. The summed E-state index contributed by atoms with van der Waals surface area (Å²) in [4.78, 5) is 15.6. The van der Waals surface area contributed by atoms with E-state index in [9.17, 15) is 13.2 Å². The Morgan fingerprint density at radius 2 is 1.64 bits per heavy atom. The van der Waals surface area contributed by atoms with E-state index in [0.717, 1.165) is 31.5 Å². The molecule has 0 N–H and O–H groups in total. The first kappa shape index (κ1) is 22.6. The van der Waals surface area contributed by atoms with Crippen LogP contribution in [0.5, 0.6) is 0 Å². The van der Waals surface area contributed by atoms with Gasteiger partial charge < -0.3 is 4.74 Å². The minimum atomic E-state index is -3.67. The summed E-state index contributed by atoms with van der Waals surface area (Å²) in [5.74, 6) is -0.544. The third-order valence-electron chi connectivity index (χ3n) is 5.09. The highest BCUT2D eigenvalue weighted by Gasteiger charge is 2.48. The van der Waals surface area contributed by atoms with Crippen molar-refractivity contribution in [1.82, 2.24) is 4.90 Å². The van der Waals surface area contributed by atoms with Crippen LogP contribution in [0.3, 0.4) is 0 Å². The summed E-state index contributed by atoms with van der Waals surface area (Å²) in [6.07, 6.45) is 3.51. The molecule has 1 aliphatic heterocycles. The second kappa shape index (κ2) is 8.37. The smallest absolute Gasteiger partial charge is 0.331 e. The summed E-state index contributed by atoms with van der Waals surface area (Å²) in [7, 11) is -3.67. The zero-order chi connectivity index (χ0) is 21.2. The molecule has 156 valence electrons. The molecule has 1 fully saturated rings. The molecule has 1 atom stereocenters. The predicted octanol–water partition coefficient (Wildman–Crippen LogP) is 4.11. The van der Waals surface area contributed by atoms with Gasteiger partial charge in [-0.1, -0.05) is 31.5 Å². The maximum Gasteiger partial charge on any atom is 0.331 e. The van der Waals surface area contributed by atoms with Gasteiger partial charge in [-0.25, -0.2) is 13.2 Å². The number of rotatable bonds is 6. The lowest BCUT2D eigenvalue weighted by molar-refractivity contribution is -0.169. The fourth-order valence-electron chi connectivity index (χ4n) is 3.54. The molecule has 0 spiro atoms. The molecule has 0 aromatic heterocycles. The maximum absolute atomic E-state index is 13.3. The van der Waals surface area contributed by atoms with Crippen molar-refractivity contribution in [2.75, 3.05) is 13.1 Å². The maximum atomic E-state index is 13.3. The molecule has 1 saturated heterocycles. The zero-order valence-electron chi connectivity index (χ0n) is 17.9. The van der Waals surface area contributed by atoms with Crippen LogP contribution < -0.4 is 0 Å². The van der Waals surface area contributed by atoms with Gasteiger partial charge in [0.2, 0.25) is 0 Å². The second-order valence-electron chi connectivity index (χ2n) is 8.84. The lowest BCUT2D eigenvalue weighted by Crippen LogP contribution is -2.57. The van der Waals surface area contributed by atoms with Crippen molar-refractivity contribution in [1.29, 1.82) is 0 Å². The van der Waals surface area contributed by atoms with Crippen LogP contribution in [0.25, 0.3) is 0 Å². The van der Waals surface area contributed by atoms with Gasteiger partial charge in [0.05, 0.1) is 4.90 Å². The Labute approximate surface area is 169 Å². The Morgan fingerprint density at radius 3 is 2.11 bits per heavy atom. The molecule has 1 aromatic rings. The van der Waals surface area contributed by atoms with Crippen molar-refractivity contribution in [2.45, 2.75) is 70.4 Å². The molecule has 0 aliphatic carbocycles. The molecule has 1 aromatic carbocycles. The number of carbonyl (C=O) groups excluding carboxylic acids is 1. The van der Waals surface area contributed by atoms with E-state index in [1.54, 1.807) is 30.3 Å². The number of carbonyl (C=O) groups is 1. The van der Waals surface area contributed by atoms with Gasteiger partial charge in [0.15, 0.2) is 9.84 Å². The van der Waals surface area contributed by atoms with E-state index in [-0.39, 0.29) is 10.8 Å². The first-order valence-corrected chi connectivity index (χ1v) is 11.4. The summed E-state index contributed by atoms with van der Waals surface area (Å²) < 4.78 is 31.5. The molecule has 0 unspecified atom stereocenters. The molecular weight excluding hydrogens is 374 g/mol. The van der Waals surface area contributed by atoms with E-state index in [4.69, 9.17) is 4.74 Å². The highest BCUT2D eigenvalue weighted by Crippen LogP contribution is 2.34. The number of hydrogen-bond donors (Lipinski definition) is 0. The molecule has 0 amide bonds. The quantitative estimate of drug-likeness (QED) is 0.664. The van der Waals surface area contributed by atoms with Gasteiger partial charge >= 0.3 is 5.97 Å². The Morgan fingerprint density at radius 1 is 1.11 bits per heavy atom. The number of sulfone groups is 1. The third kappa shape index (κ3) is 5.03. The minimum absolute atomic E-state index is 0.148. The van der Waals surface area contributed by atoms with Gasteiger partial charge in [-0.05, 0) is 77.8 Å². The summed E-state index contributed by atoms with van der Waals surface area (Å²) in [5.41, 5.74) is -0.771. The van der Waals surface area contributed by atoms with Crippen LogP contribution in [-0.2, 0) is 19.4 Å². The molecule has 2 rings (SSSR count). The average Bonchev–Trinajstić information content (AvgIpc) is 3.08. The number of esters is 1. The highest BCUT2D eigenvalue weighted by molar-refractivity contribution is 7.94. The summed E-state index contributed by atoms with van der Waals surface area (Å²) >= 11 is 0. The topological polar surface area (TPSA) is 63.7 Å². The largest absolute Gasteiger partial charge is 0.458 e. The molecule has 0 radical (unpaired) electrons. The average molecular weight is 408 g/mol. The molecule has 0 saturated carbocycles. The van der Waals surface area contributed by atoms with Crippen molar-refractivity contribution in [3.8, 4) is 0 Å². The summed E-state index contributed by atoms with van der Waals surface area (Å²) in [6, 6.07) is 6.72. The van der Waals surface area contributed by atoms with E-state index >= 15 is 0 Å². The van der Waals surface area contributed by atoms with Crippen LogP contribution in [0.1, 0.15) is 53.0 Å². The van der Waals surface area contributed by atoms with Gasteiger partial charge in [-0.3, -0.25) is 4.90 Å². The monoisotopic (exact) mass is 407 g/mol. The fourth-order valence-corrected chi connectivity index (χ4v) is 4.60. The number of nitrogens with zero attached hydrogens (tertiary/aromatic N) is 1. The Balaban J connectivity index is 2.50. The van der Waals surface area contributed by atoms with Gasteiger partial charge in [0.25, 0.3) is 0 Å². The minimum Gasteiger partial charge on any atom is -0.458 e. The van der Waals surface area contributed by atoms with E-state index in [0.29, 0.717) is 0 Å². The van der Waals surface area contributed by atoms with Crippen LogP contribution >= 0.6 is 0 Å². The van der Waals surface area contributed by atoms with Gasteiger partial charge in [-0.2, -0.15) is 0 Å². The van der Waals surface area contributed by atoms with Crippen molar-refractivity contribution >= 4 is 15.8 Å². The molecule has 1 aliphatic rings. The molecule has 5 nitrogen and oxygen atoms in total. The summed E-state index contributed by atoms with van der Waals surface area (Å²) in [5, 5.41) is 1.18. The van der Waals surface area contributed by atoms with Crippen molar-refractivity contribution in [2.24, 2.45) is 5.92 Å². The molecule has 0 bridgehead atoms. The highest BCUT2D eigenvalue weighted by atomic mass is 32.2. The van der Waals surface area contributed by atoms with Crippen molar-refractivity contribution in [3.05, 3.63) is 41.3 Å². The molecule has 28 heavy (non-hydrogen) atoms. The zero-order valence-corrected chi connectivity index (χ0v) is 18.7. The van der Waals surface area contributed by atoms with E-state index in [2.05, 4.69) is 4.90 Å². The number of ether oxygens (including phenoxy) is 1. The first-order chi connectivity index (χ1) is 12.9. The van der Waals surface area contributed by atoms with Crippen LogP contribution in [0.2, 0.25) is 0 Å². The Kier molecular flexibility index (Phi) is 6.77. The van der Waals surface area contributed by atoms with Crippen LogP contribution in [-0.4, -0.2) is 43.5 Å². The van der Waals surface area contributed by atoms with Gasteiger partial charge in [0, 0.05) is 5.41 Å². The number of hydrogen-bond acceptors (Lipinski definition) is 5. The van der Waals surface area contributed by atoms with Crippen molar-refractivity contribution in [3.63, 3.8) is 0 Å². The molecule has 6 heteroatoms. The van der Waals surface area contributed by atoms with E-state index < -0.39 is 26.9 Å².